The Labute approximate surface area is 119 Å². The van der Waals surface area contributed by atoms with Crippen molar-refractivity contribution in [1.82, 2.24) is 9.80 Å². The first-order valence-corrected chi connectivity index (χ1v) is 8.41. The maximum absolute atomic E-state index is 6.20. The molecule has 3 heteroatoms. The lowest BCUT2D eigenvalue weighted by atomic mass is 9.87. The number of piperazine rings is 1. The molecule has 1 aliphatic heterocycles. The van der Waals surface area contributed by atoms with Crippen molar-refractivity contribution < 1.29 is 0 Å². The predicted octanol–water partition coefficient (Wildman–Crippen LogP) is 2.45. The predicted molar refractivity (Wildman–Crippen MR) is 82.4 cm³/mol. The SMILES string of the molecule is CCC(C)N1CCN(C2(CN)CCCCCC2)CC1. The van der Waals surface area contributed by atoms with Crippen LogP contribution in [0.3, 0.4) is 0 Å². The third-order valence-electron chi connectivity index (χ3n) is 5.61. The highest BCUT2D eigenvalue weighted by molar-refractivity contribution is 4.95. The van der Waals surface area contributed by atoms with Crippen LogP contribution in [0.25, 0.3) is 0 Å². The van der Waals surface area contributed by atoms with Gasteiger partial charge in [-0.15, -0.1) is 0 Å². The molecular formula is C16H33N3. The van der Waals surface area contributed by atoms with Crippen LogP contribution in [0.5, 0.6) is 0 Å². The summed E-state index contributed by atoms with van der Waals surface area (Å²) in [5.74, 6) is 0. The molecule has 2 N–H and O–H groups in total. The molecule has 0 bridgehead atoms. The van der Waals surface area contributed by atoms with Gasteiger partial charge in [0.05, 0.1) is 0 Å². The Bertz CT molecular complexity index is 251. The molecule has 2 aliphatic rings. The van der Waals surface area contributed by atoms with Crippen LogP contribution in [0, 0.1) is 0 Å². The second-order valence-corrected chi connectivity index (χ2v) is 6.62. The van der Waals surface area contributed by atoms with E-state index in [2.05, 4.69) is 23.6 Å². The van der Waals surface area contributed by atoms with Crippen molar-refractivity contribution in [3.8, 4) is 0 Å². The minimum Gasteiger partial charge on any atom is -0.329 e. The normalized spacial score (nSPS) is 27.9. The fourth-order valence-corrected chi connectivity index (χ4v) is 3.93. The quantitative estimate of drug-likeness (QED) is 0.794. The van der Waals surface area contributed by atoms with Gasteiger partial charge in [0.2, 0.25) is 0 Å². The van der Waals surface area contributed by atoms with Crippen molar-refractivity contribution in [3.63, 3.8) is 0 Å². The molecule has 1 atom stereocenters. The summed E-state index contributed by atoms with van der Waals surface area (Å²) in [4.78, 5) is 5.38. The Balaban J connectivity index is 1.94. The molecule has 2 rings (SSSR count). The van der Waals surface area contributed by atoms with Crippen molar-refractivity contribution in [2.45, 2.75) is 70.4 Å². The average Bonchev–Trinajstić information content (AvgIpc) is 2.73. The van der Waals surface area contributed by atoms with Crippen LogP contribution in [0.2, 0.25) is 0 Å². The second kappa shape index (κ2) is 7.05. The Morgan fingerprint density at radius 3 is 2.05 bits per heavy atom. The van der Waals surface area contributed by atoms with E-state index >= 15 is 0 Å². The van der Waals surface area contributed by atoms with Gasteiger partial charge < -0.3 is 5.73 Å². The lowest BCUT2D eigenvalue weighted by molar-refractivity contribution is 0.0143. The van der Waals surface area contributed by atoms with Crippen LogP contribution in [0.4, 0.5) is 0 Å². The summed E-state index contributed by atoms with van der Waals surface area (Å²) in [6.45, 7) is 10.4. The first kappa shape index (κ1) is 15.3. The average molecular weight is 267 g/mol. The number of rotatable bonds is 4. The fraction of sp³-hybridized carbons (Fsp3) is 1.00. The monoisotopic (exact) mass is 267 g/mol. The van der Waals surface area contributed by atoms with Gasteiger partial charge in [0, 0.05) is 44.3 Å². The van der Waals surface area contributed by atoms with Crippen molar-refractivity contribution in [1.29, 1.82) is 0 Å². The molecule has 0 aromatic rings. The van der Waals surface area contributed by atoms with Gasteiger partial charge in [0.25, 0.3) is 0 Å². The molecule has 3 nitrogen and oxygen atoms in total. The topological polar surface area (TPSA) is 32.5 Å². The summed E-state index contributed by atoms with van der Waals surface area (Å²) in [5, 5.41) is 0. The molecule has 0 aromatic heterocycles. The van der Waals surface area contributed by atoms with E-state index in [0.29, 0.717) is 5.54 Å². The Morgan fingerprint density at radius 1 is 1.00 bits per heavy atom. The number of hydrogen-bond acceptors (Lipinski definition) is 3. The van der Waals surface area contributed by atoms with E-state index in [4.69, 9.17) is 5.73 Å². The zero-order valence-electron chi connectivity index (χ0n) is 13.0. The summed E-state index contributed by atoms with van der Waals surface area (Å²) < 4.78 is 0. The maximum Gasteiger partial charge on any atom is 0.0332 e. The maximum atomic E-state index is 6.20. The molecule has 1 saturated carbocycles. The zero-order valence-corrected chi connectivity index (χ0v) is 13.0. The number of hydrogen-bond donors (Lipinski definition) is 1. The van der Waals surface area contributed by atoms with Crippen LogP contribution in [0.1, 0.15) is 58.8 Å². The molecule has 1 saturated heterocycles. The zero-order chi connectivity index (χ0) is 13.7. The first-order chi connectivity index (χ1) is 9.22. The highest BCUT2D eigenvalue weighted by atomic mass is 15.3. The van der Waals surface area contributed by atoms with E-state index in [1.165, 1.54) is 71.1 Å². The Morgan fingerprint density at radius 2 is 1.58 bits per heavy atom. The second-order valence-electron chi connectivity index (χ2n) is 6.62. The van der Waals surface area contributed by atoms with E-state index in [-0.39, 0.29) is 0 Å². The molecule has 112 valence electrons. The first-order valence-electron chi connectivity index (χ1n) is 8.41. The van der Waals surface area contributed by atoms with Crippen LogP contribution in [0.15, 0.2) is 0 Å². The largest absolute Gasteiger partial charge is 0.329 e. The lowest BCUT2D eigenvalue weighted by Gasteiger charge is -2.48. The molecule has 0 amide bonds. The highest BCUT2D eigenvalue weighted by Gasteiger charge is 2.37. The van der Waals surface area contributed by atoms with Crippen molar-refractivity contribution in [3.05, 3.63) is 0 Å². The van der Waals surface area contributed by atoms with Gasteiger partial charge in [0.1, 0.15) is 0 Å². The van der Waals surface area contributed by atoms with E-state index in [0.717, 1.165) is 12.6 Å². The van der Waals surface area contributed by atoms with Crippen molar-refractivity contribution >= 4 is 0 Å². The Hall–Kier alpha value is -0.120. The summed E-state index contributed by atoms with van der Waals surface area (Å²) in [5.41, 5.74) is 6.54. The van der Waals surface area contributed by atoms with Gasteiger partial charge in [0.15, 0.2) is 0 Å². The molecule has 2 fully saturated rings. The molecule has 0 aromatic carbocycles. The van der Waals surface area contributed by atoms with Gasteiger partial charge in [-0.1, -0.05) is 32.6 Å². The van der Waals surface area contributed by atoms with Crippen LogP contribution in [-0.2, 0) is 0 Å². The van der Waals surface area contributed by atoms with Gasteiger partial charge in [-0.2, -0.15) is 0 Å². The number of nitrogens with zero attached hydrogens (tertiary/aromatic N) is 2. The molecule has 0 radical (unpaired) electrons. The standard InChI is InChI=1S/C16H33N3/c1-3-15(2)18-10-12-19(13-11-18)16(14-17)8-6-4-5-7-9-16/h15H,3-14,17H2,1-2H3. The van der Waals surface area contributed by atoms with E-state index in [9.17, 15) is 0 Å². The molecule has 19 heavy (non-hydrogen) atoms. The fourth-order valence-electron chi connectivity index (χ4n) is 3.93. The van der Waals surface area contributed by atoms with Gasteiger partial charge in [-0.05, 0) is 26.2 Å². The van der Waals surface area contributed by atoms with Crippen LogP contribution in [-0.4, -0.2) is 54.1 Å². The Kier molecular flexibility index (Phi) is 5.67. The summed E-state index contributed by atoms with van der Waals surface area (Å²) in [7, 11) is 0. The number of nitrogens with two attached hydrogens (primary N) is 1. The molecule has 1 heterocycles. The van der Waals surface area contributed by atoms with Crippen LogP contribution < -0.4 is 5.73 Å². The third-order valence-corrected chi connectivity index (χ3v) is 5.61. The minimum atomic E-state index is 0.331. The molecular weight excluding hydrogens is 234 g/mol. The summed E-state index contributed by atoms with van der Waals surface area (Å²) in [6, 6.07) is 0.741. The molecule has 1 aliphatic carbocycles. The van der Waals surface area contributed by atoms with Gasteiger partial charge >= 0.3 is 0 Å². The molecule has 1 unspecified atom stereocenters. The summed E-state index contributed by atoms with van der Waals surface area (Å²) in [6.07, 6.45) is 9.50. The van der Waals surface area contributed by atoms with E-state index in [1.807, 2.05) is 0 Å². The molecule has 0 spiro atoms. The third kappa shape index (κ3) is 3.50. The van der Waals surface area contributed by atoms with Crippen molar-refractivity contribution in [2.24, 2.45) is 5.73 Å². The smallest absolute Gasteiger partial charge is 0.0332 e. The van der Waals surface area contributed by atoms with Crippen molar-refractivity contribution in [2.75, 3.05) is 32.7 Å². The van der Waals surface area contributed by atoms with Crippen LogP contribution >= 0.6 is 0 Å². The highest BCUT2D eigenvalue weighted by Crippen LogP contribution is 2.32. The van der Waals surface area contributed by atoms with Gasteiger partial charge in [-0.3, -0.25) is 9.80 Å². The lowest BCUT2D eigenvalue weighted by Crippen LogP contribution is -2.60. The van der Waals surface area contributed by atoms with Gasteiger partial charge in [-0.25, -0.2) is 0 Å². The van der Waals surface area contributed by atoms with E-state index in [1.54, 1.807) is 0 Å². The minimum absolute atomic E-state index is 0.331. The van der Waals surface area contributed by atoms with E-state index < -0.39 is 0 Å². The summed E-state index contributed by atoms with van der Waals surface area (Å²) >= 11 is 0.